The van der Waals surface area contributed by atoms with E-state index >= 15 is 0 Å². The zero-order valence-electron chi connectivity index (χ0n) is 16.0. The number of nitrogens with one attached hydrogen (secondary N) is 2. The van der Waals surface area contributed by atoms with Crippen molar-refractivity contribution in [3.8, 4) is 0 Å². The van der Waals surface area contributed by atoms with Crippen molar-refractivity contribution in [1.29, 1.82) is 0 Å². The molecule has 28 heavy (non-hydrogen) atoms. The van der Waals surface area contributed by atoms with Gasteiger partial charge in [0.25, 0.3) is 0 Å². The van der Waals surface area contributed by atoms with Crippen LogP contribution in [-0.2, 0) is 17.8 Å². The molecule has 2 aliphatic carbocycles. The van der Waals surface area contributed by atoms with Crippen LogP contribution in [0.3, 0.4) is 0 Å². The third-order valence-electron chi connectivity index (χ3n) is 6.49. The van der Waals surface area contributed by atoms with Gasteiger partial charge in [-0.25, -0.2) is 4.68 Å². The molecule has 2 aromatic heterocycles. The maximum atomic E-state index is 13.0. The zero-order valence-corrected chi connectivity index (χ0v) is 16.0. The Kier molecular flexibility index (Phi) is 4.58. The van der Waals surface area contributed by atoms with Crippen LogP contribution in [0.2, 0.25) is 0 Å². The number of nitrogens with zero attached hydrogens (tertiary/aromatic N) is 4. The van der Waals surface area contributed by atoms with Gasteiger partial charge in [0.1, 0.15) is 6.33 Å². The Morgan fingerprint density at radius 3 is 2.86 bits per heavy atom. The Labute approximate surface area is 163 Å². The van der Waals surface area contributed by atoms with Crippen molar-refractivity contribution in [2.45, 2.75) is 57.5 Å². The van der Waals surface area contributed by atoms with Gasteiger partial charge < -0.3 is 10.3 Å². The van der Waals surface area contributed by atoms with E-state index in [1.54, 1.807) is 11.0 Å². The average Bonchev–Trinajstić information content (AvgIpc) is 3.37. The zero-order chi connectivity index (χ0) is 18.9. The summed E-state index contributed by atoms with van der Waals surface area (Å²) >= 11 is 0. The molecule has 2 aliphatic rings. The Hall–Kier alpha value is -2.70. The number of carbonyl (C=O) groups is 1. The Bertz CT molecular complexity index is 955. The molecule has 1 amide bonds. The molecule has 1 saturated carbocycles. The monoisotopic (exact) mass is 378 g/mol. The summed E-state index contributed by atoms with van der Waals surface area (Å²) in [6.07, 6.45) is 8.91. The van der Waals surface area contributed by atoms with E-state index < -0.39 is 0 Å². The number of carbonyl (C=O) groups excluding carboxylic acids is 1. The highest BCUT2D eigenvalue weighted by Crippen LogP contribution is 2.36. The molecule has 1 aromatic carbocycles. The van der Waals surface area contributed by atoms with E-state index in [1.165, 1.54) is 22.2 Å². The summed E-state index contributed by atoms with van der Waals surface area (Å²) in [7, 11) is 0. The molecule has 2 heterocycles. The van der Waals surface area contributed by atoms with Gasteiger partial charge in [0.2, 0.25) is 5.91 Å². The van der Waals surface area contributed by atoms with Gasteiger partial charge in [-0.2, -0.15) is 0 Å². The van der Waals surface area contributed by atoms with Crippen LogP contribution in [0, 0.1) is 11.8 Å². The normalized spacial score (nSPS) is 24.8. The number of para-hydroxylation sites is 1. The van der Waals surface area contributed by atoms with Crippen LogP contribution in [0.25, 0.3) is 10.9 Å². The summed E-state index contributed by atoms with van der Waals surface area (Å²) in [5.41, 5.74) is 3.78. The van der Waals surface area contributed by atoms with E-state index in [4.69, 9.17) is 0 Å². The quantitative estimate of drug-likeness (QED) is 0.730. The molecule has 5 rings (SSSR count). The van der Waals surface area contributed by atoms with Crippen LogP contribution in [0.5, 0.6) is 0 Å². The van der Waals surface area contributed by atoms with Crippen molar-refractivity contribution in [2.75, 3.05) is 0 Å². The lowest BCUT2D eigenvalue weighted by Crippen LogP contribution is -2.37. The Morgan fingerprint density at radius 1 is 1.18 bits per heavy atom. The topological polar surface area (TPSA) is 88.5 Å². The summed E-state index contributed by atoms with van der Waals surface area (Å²) in [6.45, 7) is 0.850. The first-order chi connectivity index (χ1) is 13.8. The summed E-state index contributed by atoms with van der Waals surface area (Å²) in [6, 6.07) is 8.57. The minimum absolute atomic E-state index is 0.114. The summed E-state index contributed by atoms with van der Waals surface area (Å²) in [5.74, 6) is 0.903. The summed E-state index contributed by atoms with van der Waals surface area (Å²) in [5, 5.41) is 16.0. The first kappa shape index (κ1) is 17.4. The van der Waals surface area contributed by atoms with Gasteiger partial charge in [0.15, 0.2) is 0 Å². The number of aromatic nitrogens is 5. The smallest absolute Gasteiger partial charge is 0.223 e. The lowest BCUT2D eigenvalue weighted by atomic mass is 9.81. The number of tetrazole rings is 1. The second-order valence-corrected chi connectivity index (χ2v) is 8.27. The molecule has 0 spiro atoms. The minimum Gasteiger partial charge on any atom is -0.356 e. The number of benzene rings is 1. The molecule has 3 aromatic rings. The van der Waals surface area contributed by atoms with Crippen LogP contribution < -0.4 is 5.32 Å². The van der Waals surface area contributed by atoms with Gasteiger partial charge in [-0.3, -0.25) is 4.79 Å². The number of hydrogen-bond acceptors (Lipinski definition) is 4. The van der Waals surface area contributed by atoms with Crippen LogP contribution in [0.4, 0.5) is 0 Å². The molecule has 1 atom stereocenters. The number of rotatable bonds is 4. The van der Waals surface area contributed by atoms with E-state index in [-0.39, 0.29) is 17.9 Å². The number of H-pyrrole nitrogens is 1. The van der Waals surface area contributed by atoms with Gasteiger partial charge >= 0.3 is 0 Å². The number of aryl methyl sites for hydroxylation is 1. The minimum atomic E-state index is 0.114. The summed E-state index contributed by atoms with van der Waals surface area (Å²) in [4.78, 5) is 16.5. The molecule has 1 fully saturated rings. The van der Waals surface area contributed by atoms with Crippen molar-refractivity contribution in [3.05, 3.63) is 41.9 Å². The maximum absolute atomic E-state index is 13.0. The third-order valence-corrected chi connectivity index (χ3v) is 6.49. The van der Waals surface area contributed by atoms with Gasteiger partial charge in [0, 0.05) is 29.1 Å². The fraction of sp³-hybridized carbons (Fsp3) is 0.524. The number of hydrogen-bond donors (Lipinski definition) is 2. The number of fused-ring (bicyclic) bond motifs is 3. The molecule has 146 valence electrons. The van der Waals surface area contributed by atoms with E-state index in [1.807, 2.05) is 0 Å². The maximum Gasteiger partial charge on any atom is 0.223 e. The molecule has 0 aliphatic heterocycles. The molecule has 0 radical (unpaired) electrons. The lowest BCUT2D eigenvalue weighted by Gasteiger charge is -2.30. The fourth-order valence-electron chi connectivity index (χ4n) is 4.98. The predicted octanol–water partition coefficient (Wildman–Crippen LogP) is 3.15. The molecule has 7 nitrogen and oxygen atoms in total. The highest BCUT2D eigenvalue weighted by Gasteiger charge is 2.30. The number of aromatic amines is 1. The van der Waals surface area contributed by atoms with Crippen molar-refractivity contribution < 1.29 is 4.79 Å². The van der Waals surface area contributed by atoms with Gasteiger partial charge in [-0.15, -0.1) is 5.10 Å². The van der Waals surface area contributed by atoms with Crippen LogP contribution in [0.15, 0.2) is 30.6 Å². The van der Waals surface area contributed by atoms with Crippen molar-refractivity contribution in [1.82, 2.24) is 30.5 Å². The second kappa shape index (κ2) is 7.37. The van der Waals surface area contributed by atoms with E-state index in [0.717, 1.165) is 51.5 Å². The Morgan fingerprint density at radius 2 is 2.04 bits per heavy atom. The van der Waals surface area contributed by atoms with Crippen molar-refractivity contribution >= 4 is 16.8 Å². The Balaban J connectivity index is 1.22. The standard InChI is InChI=1S/C21H26N6O/c28-21(15-10-8-14(9-11-15)12-27-13-22-25-26-27)24-19-7-3-5-17-16-4-1-2-6-18(16)23-20(17)19/h1-2,4,6,13-15,19,23H,3,5,7-12H2,(H,24,28)/t14?,15?,19-/m1/s1. The molecular formula is C21H26N6O. The molecule has 7 heteroatoms. The molecule has 0 bridgehead atoms. The molecule has 0 unspecified atom stereocenters. The summed E-state index contributed by atoms with van der Waals surface area (Å²) < 4.78 is 1.80. The van der Waals surface area contributed by atoms with Gasteiger partial charge in [0.05, 0.1) is 6.04 Å². The largest absolute Gasteiger partial charge is 0.356 e. The van der Waals surface area contributed by atoms with Gasteiger partial charge in [-0.1, -0.05) is 18.2 Å². The van der Waals surface area contributed by atoms with Crippen LogP contribution >= 0.6 is 0 Å². The molecule has 2 N–H and O–H groups in total. The first-order valence-corrected chi connectivity index (χ1v) is 10.4. The van der Waals surface area contributed by atoms with Crippen LogP contribution in [0.1, 0.15) is 55.8 Å². The highest BCUT2D eigenvalue weighted by atomic mass is 16.1. The number of amides is 1. The van der Waals surface area contributed by atoms with Crippen molar-refractivity contribution in [2.24, 2.45) is 11.8 Å². The third kappa shape index (κ3) is 3.30. The lowest BCUT2D eigenvalue weighted by molar-refractivity contribution is -0.127. The SMILES string of the molecule is O=C(N[C@@H]1CCCc2c1[nH]c1ccccc21)C1CCC(Cn2cnnn2)CC1. The molecular weight excluding hydrogens is 352 g/mol. The fourth-order valence-corrected chi connectivity index (χ4v) is 4.98. The highest BCUT2D eigenvalue weighted by molar-refractivity contribution is 5.86. The van der Waals surface area contributed by atoms with Crippen molar-refractivity contribution in [3.63, 3.8) is 0 Å². The van der Waals surface area contributed by atoms with Gasteiger partial charge in [-0.05, 0) is 72.9 Å². The van der Waals surface area contributed by atoms with E-state index in [9.17, 15) is 4.79 Å². The second-order valence-electron chi connectivity index (χ2n) is 8.27. The predicted molar refractivity (Wildman–Crippen MR) is 105 cm³/mol. The van der Waals surface area contributed by atoms with E-state index in [0.29, 0.717) is 5.92 Å². The van der Waals surface area contributed by atoms with Crippen LogP contribution in [-0.4, -0.2) is 31.1 Å². The van der Waals surface area contributed by atoms with E-state index in [2.05, 4.69) is 50.1 Å². The average molecular weight is 378 g/mol. The first-order valence-electron chi connectivity index (χ1n) is 10.4. The molecule has 0 saturated heterocycles.